The van der Waals surface area contributed by atoms with Gasteiger partial charge in [0.05, 0.1) is 6.54 Å². The highest BCUT2D eigenvalue weighted by atomic mass is 32.1. The molecule has 7 heteroatoms. The number of rotatable bonds is 5. The second kappa shape index (κ2) is 6.94. The summed E-state index contributed by atoms with van der Waals surface area (Å²) in [6.07, 6.45) is -1.13. The topological polar surface area (TPSA) is 62.5 Å². The van der Waals surface area contributed by atoms with Gasteiger partial charge in [-0.15, -0.1) is 0 Å². The quantitative estimate of drug-likeness (QED) is 0.737. The molecule has 124 valence electrons. The van der Waals surface area contributed by atoms with Crippen molar-refractivity contribution in [3.8, 4) is 11.3 Å². The molecule has 0 aliphatic rings. The van der Waals surface area contributed by atoms with Gasteiger partial charge < -0.3 is 14.8 Å². The first-order valence-electron chi connectivity index (χ1n) is 7.09. The molecule has 0 bridgehead atoms. The molecule has 2 aromatic heterocycles. The number of furan rings is 1. The van der Waals surface area contributed by atoms with Gasteiger partial charge in [0, 0.05) is 10.9 Å². The largest absolute Gasteiger partial charge is 0.458 e. The van der Waals surface area contributed by atoms with Gasteiger partial charge in [-0.1, -0.05) is 6.07 Å². The second-order valence-corrected chi connectivity index (χ2v) is 5.82. The fourth-order valence-corrected chi connectivity index (χ4v) is 2.83. The van der Waals surface area contributed by atoms with Crippen molar-refractivity contribution in [3.63, 3.8) is 0 Å². The van der Waals surface area contributed by atoms with Crippen LogP contribution in [0.5, 0.6) is 0 Å². The van der Waals surface area contributed by atoms with E-state index in [0.717, 1.165) is 17.7 Å². The number of hydrogen-bond donors (Lipinski definition) is 2. The van der Waals surface area contributed by atoms with Gasteiger partial charge in [-0.25, -0.2) is 8.78 Å². The molecular formula is C17H13F2NO3S. The van der Waals surface area contributed by atoms with E-state index in [1.165, 1.54) is 17.4 Å². The van der Waals surface area contributed by atoms with Crippen molar-refractivity contribution < 1.29 is 23.1 Å². The number of aliphatic hydroxyl groups excluding tert-OH is 1. The van der Waals surface area contributed by atoms with Gasteiger partial charge in [-0.3, -0.25) is 4.79 Å². The molecule has 4 nitrogen and oxygen atoms in total. The van der Waals surface area contributed by atoms with Crippen LogP contribution in [0.25, 0.3) is 11.3 Å². The van der Waals surface area contributed by atoms with Crippen LogP contribution >= 0.6 is 11.3 Å². The number of carbonyl (C=O) groups excluding carboxylic acids is 1. The zero-order chi connectivity index (χ0) is 17.1. The minimum Gasteiger partial charge on any atom is -0.458 e. The van der Waals surface area contributed by atoms with E-state index >= 15 is 0 Å². The predicted molar refractivity (Wildman–Crippen MR) is 85.7 cm³/mol. The lowest BCUT2D eigenvalue weighted by molar-refractivity contribution is 0.0893. The smallest absolute Gasteiger partial charge is 0.257 e. The standard InChI is InChI=1S/C17H13F2NO3S/c18-11-2-1-3-12(19)16(11)17(22)20-8-13(21)15-5-4-14(23-15)10-6-7-24-9-10/h1-7,9,13,21H,8H2,(H,20,22)/t13-/m1/s1. The number of nitrogens with one attached hydrogen (secondary N) is 1. The van der Waals surface area contributed by atoms with Crippen LogP contribution in [0.3, 0.4) is 0 Å². The molecule has 2 N–H and O–H groups in total. The fraction of sp³-hybridized carbons (Fsp3) is 0.118. The summed E-state index contributed by atoms with van der Waals surface area (Å²) >= 11 is 1.52. The first kappa shape index (κ1) is 16.4. The molecule has 0 saturated carbocycles. The Morgan fingerprint density at radius 1 is 1.21 bits per heavy atom. The van der Waals surface area contributed by atoms with Crippen molar-refractivity contribution in [2.75, 3.05) is 6.54 Å². The summed E-state index contributed by atoms with van der Waals surface area (Å²) < 4.78 is 32.6. The summed E-state index contributed by atoms with van der Waals surface area (Å²) in [6, 6.07) is 8.34. The van der Waals surface area contributed by atoms with E-state index in [1.807, 2.05) is 16.8 Å². The number of amides is 1. The zero-order valence-corrected chi connectivity index (χ0v) is 13.1. The molecule has 3 aromatic rings. The average Bonchev–Trinajstić information content (AvgIpc) is 3.23. The van der Waals surface area contributed by atoms with Crippen molar-refractivity contribution in [1.82, 2.24) is 5.32 Å². The molecule has 24 heavy (non-hydrogen) atoms. The Kier molecular flexibility index (Phi) is 4.73. The van der Waals surface area contributed by atoms with E-state index in [2.05, 4.69) is 5.32 Å². The molecule has 3 rings (SSSR count). The summed E-state index contributed by atoms with van der Waals surface area (Å²) in [5.74, 6) is -2.00. The van der Waals surface area contributed by atoms with Crippen LogP contribution in [-0.4, -0.2) is 17.6 Å². The first-order valence-corrected chi connectivity index (χ1v) is 8.03. The van der Waals surface area contributed by atoms with Gasteiger partial charge in [-0.05, 0) is 35.7 Å². The van der Waals surface area contributed by atoms with Crippen molar-refractivity contribution in [2.45, 2.75) is 6.10 Å². The van der Waals surface area contributed by atoms with Gasteiger partial charge in [0.2, 0.25) is 0 Å². The third-order valence-electron chi connectivity index (χ3n) is 3.41. The summed E-state index contributed by atoms with van der Waals surface area (Å²) in [5.41, 5.74) is 0.207. The normalized spacial score (nSPS) is 12.1. The third-order valence-corrected chi connectivity index (χ3v) is 4.09. The maximum atomic E-state index is 13.5. The van der Waals surface area contributed by atoms with E-state index < -0.39 is 29.2 Å². The lowest BCUT2D eigenvalue weighted by Gasteiger charge is -2.10. The van der Waals surface area contributed by atoms with Crippen molar-refractivity contribution in [2.24, 2.45) is 0 Å². The molecule has 0 radical (unpaired) electrons. The highest BCUT2D eigenvalue weighted by Crippen LogP contribution is 2.26. The van der Waals surface area contributed by atoms with Gasteiger partial charge >= 0.3 is 0 Å². The zero-order valence-electron chi connectivity index (χ0n) is 12.3. The lowest BCUT2D eigenvalue weighted by Crippen LogP contribution is -2.29. The molecule has 0 aliphatic carbocycles. The van der Waals surface area contributed by atoms with Crippen LogP contribution < -0.4 is 5.32 Å². The van der Waals surface area contributed by atoms with E-state index in [4.69, 9.17) is 4.42 Å². The van der Waals surface area contributed by atoms with Crippen LogP contribution in [0, 0.1) is 11.6 Å². The summed E-state index contributed by atoms with van der Waals surface area (Å²) in [7, 11) is 0. The fourth-order valence-electron chi connectivity index (χ4n) is 2.18. The van der Waals surface area contributed by atoms with Gasteiger partial charge in [-0.2, -0.15) is 11.3 Å². The molecule has 0 saturated heterocycles. The predicted octanol–water partition coefficient (Wildman–Crippen LogP) is 3.75. The maximum Gasteiger partial charge on any atom is 0.257 e. The van der Waals surface area contributed by atoms with E-state index in [0.29, 0.717) is 5.76 Å². The molecule has 0 unspecified atom stereocenters. The van der Waals surface area contributed by atoms with Crippen LogP contribution in [-0.2, 0) is 0 Å². The van der Waals surface area contributed by atoms with Gasteiger partial charge in [0.15, 0.2) is 0 Å². The molecule has 1 aromatic carbocycles. The van der Waals surface area contributed by atoms with Crippen LogP contribution in [0.2, 0.25) is 0 Å². The number of carbonyl (C=O) groups is 1. The lowest BCUT2D eigenvalue weighted by atomic mass is 10.1. The number of halogens is 2. The molecule has 0 aliphatic heterocycles. The monoisotopic (exact) mass is 349 g/mol. The Hall–Kier alpha value is -2.51. The van der Waals surface area contributed by atoms with Crippen LogP contribution in [0.15, 0.2) is 51.6 Å². The third kappa shape index (κ3) is 3.37. The van der Waals surface area contributed by atoms with Crippen LogP contribution in [0.1, 0.15) is 22.2 Å². The minimum atomic E-state index is -1.13. The number of thiophene rings is 1. The Morgan fingerprint density at radius 2 is 1.96 bits per heavy atom. The molecule has 2 heterocycles. The average molecular weight is 349 g/mol. The van der Waals surface area contributed by atoms with Crippen molar-refractivity contribution in [3.05, 3.63) is 70.1 Å². The van der Waals surface area contributed by atoms with Gasteiger partial charge in [0.1, 0.15) is 34.8 Å². The highest BCUT2D eigenvalue weighted by molar-refractivity contribution is 7.08. The Labute approximate surface area is 140 Å². The highest BCUT2D eigenvalue weighted by Gasteiger charge is 2.19. The van der Waals surface area contributed by atoms with Crippen LogP contribution in [0.4, 0.5) is 8.78 Å². The summed E-state index contributed by atoms with van der Waals surface area (Å²) in [5, 5.41) is 16.2. The Bertz CT molecular complexity index is 825. The second-order valence-electron chi connectivity index (χ2n) is 5.04. The summed E-state index contributed by atoms with van der Waals surface area (Å²) in [4.78, 5) is 11.9. The summed E-state index contributed by atoms with van der Waals surface area (Å²) in [6.45, 7) is -0.233. The van der Waals surface area contributed by atoms with E-state index in [-0.39, 0.29) is 12.3 Å². The molecule has 1 atom stereocenters. The van der Waals surface area contributed by atoms with Gasteiger partial charge in [0.25, 0.3) is 5.91 Å². The maximum absolute atomic E-state index is 13.5. The first-order chi connectivity index (χ1) is 11.6. The molecule has 0 spiro atoms. The van der Waals surface area contributed by atoms with E-state index in [9.17, 15) is 18.7 Å². The van der Waals surface area contributed by atoms with Crippen molar-refractivity contribution >= 4 is 17.2 Å². The number of hydrogen-bond acceptors (Lipinski definition) is 4. The number of benzene rings is 1. The van der Waals surface area contributed by atoms with Crippen molar-refractivity contribution in [1.29, 1.82) is 0 Å². The Balaban J connectivity index is 1.65. The van der Waals surface area contributed by atoms with E-state index in [1.54, 1.807) is 12.1 Å². The minimum absolute atomic E-state index is 0.233. The molecular weight excluding hydrogens is 336 g/mol. The molecule has 1 amide bonds. The molecule has 0 fully saturated rings. The SMILES string of the molecule is O=C(NC[C@@H](O)c1ccc(-c2ccsc2)o1)c1c(F)cccc1F. The number of aliphatic hydroxyl groups is 1. The Morgan fingerprint density at radius 3 is 2.62 bits per heavy atom.